The third-order valence-electron chi connectivity index (χ3n) is 4.56. The predicted octanol–water partition coefficient (Wildman–Crippen LogP) is 1.98. The number of nitrogens with zero attached hydrogens (tertiary/aromatic N) is 1. The third kappa shape index (κ3) is 4.09. The molecule has 0 aromatic rings. The van der Waals surface area contributed by atoms with Crippen LogP contribution < -0.4 is 5.32 Å². The van der Waals surface area contributed by atoms with E-state index in [9.17, 15) is 14.7 Å². The standard InChI is InChI=1S/C15H26N2O4/c1-17(11-12-7-6-10-21-12)14(20)16-15(13(18)19)8-4-2-3-5-9-15/h12H,2-11H2,1H3,(H,16,20)(H,18,19). The Balaban J connectivity index is 1.95. The van der Waals surface area contributed by atoms with Gasteiger partial charge in [0.1, 0.15) is 5.54 Å². The second-order valence-electron chi connectivity index (χ2n) is 6.25. The summed E-state index contributed by atoms with van der Waals surface area (Å²) in [6.45, 7) is 1.26. The molecule has 2 N–H and O–H groups in total. The third-order valence-corrected chi connectivity index (χ3v) is 4.56. The number of amides is 2. The maximum absolute atomic E-state index is 12.3. The molecule has 120 valence electrons. The van der Waals surface area contributed by atoms with Gasteiger partial charge in [-0.25, -0.2) is 9.59 Å². The first kappa shape index (κ1) is 16.1. The van der Waals surface area contributed by atoms with Crippen molar-refractivity contribution in [1.29, 1.82) is 0 Å². The Bertz CT molecular complexity index is 372. The molecule has 6 nitrogen and oxygen atoms in total. The van der Waals surface area contributed by atoms with Crippen molar-refractivity contribution in [2.24, 2.45) is 0 Å². The molecule has 21 heavy (non-hydrogen) atoms. The minimum absolute atomic E-state index is 0.0793. The van der Waals surface area contributed by atoms with Gasteiger partial charge in [-0.05, 0) is 25.7 Å². The maximum Gasteiger partial charge on any atom is 0.329 e. The molecule has 0 spiro atoms. The molecule has 1 heterocycles. The van der Waals surface area contributed by atoms with E-state index in [1.54, 1.807) is 11.9 Å². The molecule has 1 unspecified atom stereocenters. The highest BCUT2D eigenvalue weighted by atomic mass is 16.5. The van der Waals surface area contributed by atoms with E-state index < -0.39 is 11.5 Å². The zero-order valence-electron chi connectivity index (χ0n) is 12.8. The highest BCUT2D eigenvalue weighted by molar-refractivity contribution is 5.86. The molecule has 1 atom stereocenters. The van der Waals surface area contributed by atoms with Crippen molar-refractivity contribution < 1.29 is 19.4 Å². The fraction of sp³-hybridized carbons (Fsp3) is 0.867. The first-order chi connectivity index (χ1) is 10.0. The summed E-state index contributed by atoms with van der Waals surface area (Å²) in [4.78, 5) is 25.5. The predicted molar refractivity (Wildman–Crippen MR) is 78.2 cm³/mol. The lowest BCUT2D eigenvalue weighted by Gasteiger charge is -2.32. The Morgan fingerprint density at radius 1 is 1.24 bits per heavy atom. The molecule has 0 bridgehead atoms. The summed E-state index contributed by atoms with van der Waals surface area (Å²) in [5, 5.41) is 12.3. The number of ether oxygens (including phenoxy) is 1. The van der Waals surface area contributed by atoms with E-state index in [4.69, 9.17) is 4.74 Å². The second-order valence-corrected chi connectivity index (χ2v) is 6.25. The van der Waals surface area contributed by atoms with Crippen LogP contribution in [0.15, 0.2) is 0 Å². The zero-order chi connectivity index (χ0) is 15.3. The molecule has 6 heteroatoms. The van der Waals surface area contributed by atoms with Gasteiger partial charge in [-0.3, -0.25) is 0 Å². The molecule has 0 radical (unpaired) electrons. The Morgan fingerprint density at radius 2 is 1.90 bits per heavy atom. The average Bonchev–Trinajstić information content (AvgIpc) is 2.83. The SMILES string of the molecule is CN(CC1CCCO1)C(=O)NC1(C(=O)O)CCCCCC1. The number of hydrogen-bond donors (Lipinski definition) is 2. The van der Waals surface area contributed by atoms with Gasteiger partial charge in [-0.2, -0.15) is 0 Å². The van der Waals surface area contributed by atoms with Crippen LogP contribution in [0.3, 0.4) is 0 Å². The Labute approximate surface area is 125 Å². The molecule has 1 saturated heterocycles. The number of carboxylic acids is 1. The largest absolute Gasteiger partial charge is 0.480 e. The number of nitrogens with one attached hydrogen (secondary N) is 1. The first-order valence-corrected chi connectivity index (χ1v) is 7.92. The topological polar surface area (TPSA) is 78.9 Å². The molecular formula is C15H26N2O4. The fourth-order valence-corrected chi connectivity index (χ4v) is 3.20. The summed E-state index contributed by atoms with van der Waals surface area (Å²) < 4.78 is 5.52. The molecule has 1 aliphatic carbocycles. The van der Waals surface area contributed by atoms with Gasteiger partial charge in [0.25, 0.3) is 0 Å². The minimum atomic E-state index is -1.10. The molecule has 2 rings (SSSR count). The van der Waals surface area contributed by atoms with Gasteiger partial charge in [0.2, 0.25) is 0 Å². The number of hydrogen-bond acceptors (Lipinski definition) is 3. The number of carboxylic acid groups (broad SMARTS) is 1. The van der Waals surface area contributed by atoms with E-state index in [0.717, 1.165) is 45.1 Å². The first-order valence-electron chi connectivity index (χ1n) is 7.92. The van der Waals surface area contributed by atoms with Gasteiger partial charge in [-0.1, -0.05) is 25.7 Å². The summed E-state index contributed by atoms with van der Waals surface area (Å²) in [7, 11) is 1.70. The van der Waals surface area contributed by atoms with Crippen LogP contribution in [-0.2, 0) is 9.53 Å². The van der Waals surface area contributed by atoms with E-state index in [1.807, 2.05) is 0 Å². The lowest BCUT2D eigenvalue weighted by molar-refractivity contribution is -0.145. The summed E-state index contributed by atoms with van der Waals surface area (Å²) >= 11 is 0. The van der Waals surface area contributed by atoms with Gasteiger partial charge >= 0.3 is 12.0 Å². The van der Waals surface area contributed by atoms with Crippen molar-refractivity contribution in [2.75, 3.05) is 20.2 Å². The van der Waals surface area contributed by atoms with Gasteiger partial charge in [-0.15, -0.1) is 0 Å². The number of rotatable bonds is 4. The van der Waals surface area contributed by atoms with Crippen molar-refractivity contribution in [2.45, 2.75) is 63.0 Å². The molecule has 1 saturated carbocycles. The smallest absolute Gasteiger partial charge is 0.329 e. The number of aliphatic carboxylic acids is 1. The van der Waals surface area contributed by atoms with Crippen molar-refractivity contribution in [1.82, 2.24) is 10.2 Å². The lowest BCUT2D eigenvalue weighted by atomic mass is 9.90. The van der Waals surface area contributed by atoms with E-state index in [1.165, 1.54) is 0 Å². The lowest BCUT2D eigenvalue weighted by Crippen LogP contribution is -2.57. The molecular weight excluding hydrogens is 272 g/mol. The Morgan fingerprint density at radius 3 is 2.43 bits per heavy atom. The van der Waals surface area contributed by atoms with E-state index >= 15 is 0 Å². The second kappa shape index (κ2) is 7.11. The highest BCUT2D eigenvalue weighted by Gasteiger charge is 2.40. The van der Waals surface area contributed by atoms with Crippen molar-refractivity contribution in [3.63, 3.8) is 0 Å². The number of urea groups is 1. The van der Waals surface area contributed by atoms with Gasteiger partial charge in [0, 0.05) is 20.2 Å². The number of carbonyl (C=O) groups is 2. The molecule has 2 fully saturated rings. The zero-order valence-corrected chi connectivity index (χ0v) is 12.8. The van der Waals surface area contributed by atoms with E-state index in [2.05, 4.69) is 5.32 Å². The quantitative estimate of drug-likeness (QED) is 0.778. The van der Waals surface area contributed by atoms with Crippen LogP contribution >= 0.6 is 0 Å². The molecule has 2 amide bonds. The van der Waals surface area contributed by atoms with Crippen LogP contribution in [0.25, 0.3) is 0 Å². The van der Waals surface area contributed by atoms with Crippen molar-refractivity contribution in [3.8, 4) is 0 Å². The number of likely N-dealkylation sites (N-methyl/N-ethyl adjacent to an activating group) is 1. The van der Waals surface area contributed by atoms with Crippen LogP contribution in [0.1, 0.15) is 51.4 Å². The van der Waals surface area contributed by atoms with Crippen LogP contribution in [0.4, 0.5) is 4.79 Å². The van der Waals surface area contributed by atoms with Crippen LogP contribution in [0, 0.1) is 0 Å². The summed E-state index contributed by atoms with van der Waals surface area (Å²) in [5.74, 6) is -0.914. The average molecular weight is 298 g/mol. The van der Waals surface area contributed by atoms with Gasteiger partial charge < -0.3 is 20.1 Å². The van der Waals surface area contributed by atoms with Crippen LogP contribution in [0.2, 0.25) is 0 Å². The van der Waals surface area contributed by atoms with Gasteiger partial charge in [0.15, 0.2) is 0 Å². The molecule has 1 aliphatic heterocycles. The van der Waals surface area contributed by atoms with Gasteiger partial charge in [0.05, 0.1) is 6.10 Å². The molecule has 2 aliphatic rings. The summed E-state index contributed by atoms with van der Waals surface area (Å²) in [5.41, 5.74) is -1.10. The number of carbonyl (C=O) groups excluding carboxylic acids is 1. The summed E-state index contributed by atoms with van der Waals surface area (Å²) in [6.07, 6.45) is 6.87. The monoisotopic (exact) mass is 298 g/mol. The maximum atomic E-state index is 12.3. The van der Waals surface area contributed by atoms with Crippen LogP contribution in [-0.4, -0.2) is 53.8 Å². The Hall–Kier alpha value is -1.30. The Kier molecular flexibility index (Phi) is 5.45. The fourth-order valence-electron chi connectivity index (χ4n) is 3.20. The van der Waals surface area contributed by atoms with Crippen molar-refractivity contribution >= 4 is 12.0 Å². The van der Waals surface area contributed by atoms with Crippen molar-refractivity contribution in [3.05, 3.63) is 0 Å². The normalized spacial score (nSPS) is 25.1. The van der Waals surface area contributed by atoms with E-state index in [-0.39, 0.29) is 12.1 Å². The van der Waals surface area contributed by atoms with E-state index in [0.29, 0.717) is 19.4 Å². The molecule has 0 aromatic heterocycles. The minimum Gasteiger partial charge on any atom is -0.480 e. The highest BCUT2D eigenvalue weighted by Crippen LogP contribution is 2.27. The van der Waals surface area contributed by atoms with Crippen LogP contribution in [0.5, 0.6) is 0 Å². The summed E-state index contributed by atoms with van der Waals surface area (Å²) in [6, 6.07) is -0.310. The molecule has 0 aromatic carbocycles.